The molecule has 2 saturated heterocycles. The largest absolute Gasteiger partial charge is 0.490 e. The van der Waals surface area contributed by atoms with E-state index in [9.17, 15) is 13.2 Å². The first-order valence-corrected chi connectivity index (χ1v) is 9.26. The van der Waals surface area contributed by atoms with Crippen LogP contribution < -0.4 is 4.90 Å². The highest BCUT2D eigenvalue weighted by molar-refractivity contribution is 5.73. The van der Waals surface area contributed by atoms with Crippen molar-refractivity contribution < 1.29 is 27.8 Å². The van der Waals surface area contributed by atoms with E-state index in [-0.39, 0.29) is 0 Å². The van der Waals surface area contributed by atoms with E-state index in [0.29, 0.717) is 11.5 Å². The Hall–Kier alpha value is -1.94. The minimum atomic E-state index is -5.08. The molecule has 158 valence electrons. The molecule has 0 aromatic carbocycles. The third-order valence-electron chi connectivity index (χ3n) is 5.14. The van der Waals surface area contributed by atoms with Gasteiger partial charge < -0.3 is 14.7 Å². The molecule has 0 atom stereocenters. The molecule has 28 heavy (non-hydrogen) atoms. The SMILES string of the molecule is CC(C)N1CCOCC2(CCN(c3cnccn3)CC2)C1.O=C(O)C(F)(F)F. The average molecular weight is 404 g/mol. The van der Waals surface area contributed by atoms with Gasteiger partial charge in [0, 0.05) is 50.0 Å². The van der Waals surface area contributed by atoms with Crippen molar-refractivity contribution in [2.24, 2.45) is 5.41 Å². The molecule has 1 spiro atoms. The zero-order valence-electron chi connectivity index (χ0n) is 16.2. The second-order valence-corrected chi connectivity index (χ2v) is 7.47. The zero-order chi connectivity index (χ0) is 20.8. The molecule has 10 heteroatoms. The molecular formula is C18H27F3N4O3. The number of carbonyl (C=O) groups is 1. The van der Waals surface area contributed by atoms with Gasteiger partial charge in [0.1, 0.15) is 5.82 Å². The molecular weight excluding hydrogens is 377 g/mol. The summed E-state index contributed by atoms with van der Waals surface area (Å²) in [6.07, 6.45) is 2.63. The highest BCUT2D eigenvalue weighted by Gasteiger charge is 2.39. The minimum Gasteiger partial charge on any atom is -0.475 e. The zero-order valence-corrected chi connectivity index (χ0v) is 16.2. The van der Waals surface area contributed by atoms with Gasteiger partial charge in [-0.2, -0.15) is 13.2 Å². The number of hydrogen-bond donors (Lipinski definition) is 1. The Labute approximate surface area is 162 Å². The molecule has 1 aromatic heterocycles. The Kier molecular flexibility index (Phi) is 7.59. The van der Waals surface area contributed by atoms with Crippen LogP contribution >= 0.6 is 0 Å². The lowest BCUT2D eigenvalue weighted by Crippen LogP contribution is -2.48. The summed E-state index contributed by atoms with van der Waals surface area (Å²) in [4.78, 5) is 22.4. The van der Waals surface area contributed by atoms with Crippen molar-refractivity contribution in [3.8, 4) is 0 Å². The molecule has 3 heterocycles. The summed E-state index contributed by atoms with van der Waals surface area (Å²) in [6.45, 7) is 10.7. The van der Waals surface area contributed by atoms with Gasteiger partial charge in [0.2, 0.25) is 0 Å². The first-order chi connectivity index (χ1) is 13.1. The standard InChI is InChI=1S/C16H26N4O.C2HF3O2/c1-14(2)20-9-10-21-13-16(12-20)3-7-19(8-4-16)15-11-17-5-6-18-15;3-2(4,5)1(6)7/h5-6,11,14H,3-4,7-10,12-13H2,1-2H3;(H,6,7). The van der Waals surface area contributed by atoms with E-state index < -0.39 is 12.1 Å². The number of alkyl halides is 3. The number of halogens is 3. The van der Waals surface area contributed by atoms with Crippen LogP contribution in [0.25, 0.3) is 0 Å². The number of carboxylic acids is 1. The summed E-state index contributed by atoms with van der Waals surface area (Å²) in [5.74, 6) is -1.75. The minimum absolute atomic E-state index is 0.319. The molecule has 0 aliphatic carbocycles. The smallest absolute Gasteiger partial charge is 0.475 e. The lowest BCUT2D eigenvalue weighted by molar-refractivity contribution is -0.192. The molecule has 0 saturated carbocycles. The van der Waals surface area contributed by atoms with Crippen molar-refractivity contribution >= 4 is 11.8 Å². The van der Waals surface area contributed by atoms with E-state index in [0.717, 1.165) is 38.7 Å². The average Bonchev–Trinajstić information content (AvgIpc) is 2.86. The molecule has 2 fully saturated rings. The Morgan fingerprint density at radius 2 is 1.89 bits per heavy atom. The summed E-state index contributed by atoms with van der Waals surface area (Å²) in [7, 11) is 0. The van der Waals surface area contributed by atoms with E-state index in [1.54, 1.807) is 12.4 Å². The van der Waals surface area contributed by atoms with E-state index in [1.165, 1.54) is 19.4 Å². The monoisotopic (exact) mass is 404 g/mol. The number of anilines is 1. The molecule has 0 unspecified atom stereocenters. The summed E-state index contributed by atoms with van der Waals surface area (Å²) in [5, 5.41) is 7.12. The van der Waals surface area contributed by atoms with Crippen LogP contribution in [0.2, 0.25) is 0 Å². The fourth-order valence-electron chi connectivity index (χ4n) is 3.43. The molecule has 0 radical (unpaired) electrons. The quantitative estimate of drug-likeness (QED) is 0.811. The lowest BCUT2D eigenvalue weighted by atomic mass is 9.78. The maximum atomic E-state index is 10.6. The van der Waals surface area contributed by atoms with Gasteiger partial charge in [-0.1, -0.05) is 0 Å². The van der Waals surface area contributed by atoms with Crippen LogP contribution in [0.15, 0.2) is 18.6 Å². The summed E-state index contributed by atoms with van der Waals surface area (Å²) in [5.41, 5.74) is 0.319. The van der Waals surface area contributed by atoms with Gasteiger partial charge in [-0.15, -0.1) is 0 Å². The molecule has 2 aliphatic rings. The number of carboxylic acid groups (broad SMARTS) is 1. The second kappa shape index (κ2) is 9.51. The molecule has 1 aromatic rings. The topological polar surface area (TPSA) is 78.8 Å². The summed E-state index contributed by atoms with van der Waals surface area (Å²) < 4.78 is 37.7. The molecule has 1 N–H and O–H groups in total. The fourth-order valence-corrected chi connectivity index (χ4v) is 3.43. The van der Waals surface area contributed by atoms with Gasteiger partial charge in [-0.05, 0) is 26.7 Å². The van der Waals surface area contributed by atoms with Gasteiger partial charge in [-0.3, -0.25) is 9.88 Å². The Morgan fingerprint density at radius 1 is 1.25 bits per heavy atom. The Morgan fingerprint density at radius 3 is 2.39 bits per heavy atom. The van der Waals surface area contributed by atoms with E-state index in [1.807, 2.05) is 6.20 Å². The number of ether oxygens (including phenoxy) is 1. The van der Waals surface area contributed by atoms with Crippen molar-refractivity contribution in [1.82, 2.24) is 14.9 Å². The van der Waals surface area contributed by atoms with Crippen LogP contribution in [-0.2, 0) is 9.53 Å². The van der Waals surface area contributed by atoms with Crippen LogP contribution in [0.5, 0.6) is 0 Å². The molecule has 0 bridgehead atoms. The van der Waals surface area contributed by atoms with Crippen LogP contribution in [0.1, 0.15) is 26.7 Å². The fraction of sp³-hybridized carbons (Fsp3) is 0.722. The van der Waals surface area contributed by atoms with Crippen molar-refractivity contribution in [1.29, 1.82) is 0 Å². The molecule has 0 amide bonds. The highest BCUT2D eigenvalue weighted by atomic mass is 19.4. The third-order valence-corrected chi connectivity index (χ3v) is 5.14. The van der Waals surface area contributed by atoms with Crippen molar-refractivity contribution in [3.05, 3.63) is 18.6 Å². The molecule has 3 rings (SSSR count). The number of piperidine rings is 1. The third kappa shape index (κ3) is 6.30. The number of hydrogen-bond acceptors (Lipinski definition) is 6. The van der Waals surface area contributed by atoms with Gasteiger partial charge in [-0.25, -0.2) is 9.78 Å². The van der Waals surface area contributed by atoms with Crippen molar-refractivity contribution in [2.75, 3.05) is 44.3 Å². The van der Waals surface area contributed by atoms with Gasteiger partial charge in [0.15, 0.2) is 0 Å². The van der Waals surface area contributed by atoms with Gasteiger partial charge >= 0.3 is 12.1 Å². The predicted molar refractivity (Wildman–Crippen MR) is 97.1 cm³/mol. The maximum Gasteiger partial charge on any atom is 0.490 e. The van der Waals surface area contributed by atoms with Crippen LogP contribution in [0.3, 0.4) is 0 Å². The van der Waals surface area contributed by atoms with E-state index >= 15 is 0 Å². The molecule has 7 nitrogen and oxygen atoms in total. The Balaban J connectivity index is 0.000000345. The normalized spacial score (nSPS) is 20.4. The number of nitrogens with zero attached hydrogens (tertiary/aromatic N) is 4. The van der Waals surface area contributed by atoms with Gasteiger partial charge in [0.05, 0.1) is 19.4 Å². The lowest BCUT2D eigenvalue weighted by Gasteiger charge is -2.43. The first-order valence-electron chi connectivity index (χ1n) is 9.26. The number of aromatic nitrogens is 2. The summed E-state index contributed by atoms with van der Waals surface area (Å²) in [6, 6.07) is 0.599. The first kappa shape index (κ1) is 22.4. The van der Waals surface area contributed by atoms with E-state index in [2.05, 4.69) is 33.6 Å². The molecule has 2 aliphatic heterocycles. The number of rotatable bonds is 2. The summed E-state index contributed by atoms with van der Waals surface area (Å²) >= 11 is 0. The van der Waals surface area contributed by atoms with E-state index in [4.69, 9.17) is 14.6 Å². The maximum absolute atomic E-state index is 10.6. The highest BCUT2D eigenvalue weighted by Crippen LogP contribution is 2.35. The Bertz CT molecular complexity index is 620. The van der Waals surface area contributed by atoms with Crippen LogP contribution in [0.4, 0.5) is 19.0 Å². The van der Waals surface area contributed by atoms with Crippen molar-refractivity contribution in [2.45, 2.75) is 38.9 Å². The van der Waals surface area contributed by atoms with Crippen LogP contribution in [0, 0.1) is 5.41 Å². The van der Waals surface area contributed by atoms with Crippen molar-refractivity contribution in [3.63, 3.8) is 0 Å². The second-order valence-electron chi connectivity index (χ2n) is 7.47. The van der Waals surface area contributed by atoms with Crippen LogP contribution in [-0.4, -0.2) is 77.6 Å². The van der Waals surface area contributed by atoms with Gasteiger partial charge in [0.25, 0.3) is 0 Å². The number of aliphatic carboxylic acids is 1. The predicted octanol–water partition coefficient (Wildman–Crippen LogP) is 2.44.